The van der Waals surface area contributed by atoms with Gasteiger partial charge in [-0.05, 0) is 42.9 Å². The van der Waals surface area contributed by atoms with E-state index in [2.05, 4.69) is 12.2 Å². The lowest BCUT2D eigenvalue weighted by Gasteiger charge is -2.18. The second kappa shape index (κ2) is 2.95. The summed E-state index contributed by atoms with van der Waals surface area (Å²) < 4.78 is 5.42. The van der Waals surface area contributed by atoms with E-state index in [-0.39, 0.29) is 6.10 Å². The third-order valence-electron chi connectivity index (χ3n) is 2.52. The highest BCUT2D eigenvalue weighted by atomic mass is 28.2. The van der Waals surface area contributed by atoms with Gasteiger partial charge in [-0.2, -0.15) is 0 Å². The Morgan fingerprint density at radius 2 is 2.27 bits per heavy atom. The molecule has 0 amide bonds. The summed E-state index contributed by atoms with van der Waals surface area (Å²) in [6, 6.07) is 0. The first-order valence-electron chi connectivity index (χ1n) is 4.26. The van der Waals surface area contributed by atoms with Gasteiger partial charge in [0.15, 0.2) is 0 Å². The second-order valence-electron chi connectivity index (χ2n) is 3.18. The zero-order chi connectivity index (χ0) is 7.68. The van der Waals surface area contributed by atoms with Gasteiger partial charge in [-0.3, -0.25) is 0 Å². The molecule has 2 aliphatic rings. The van der Waals surface area contributed by atoms with Gasteiger partial charge in [0.1, 0.15) is 10.5 Å². The first kappa shape index (κ1) is 7.31. The smallest absolute Gasteiger partial charge is 0.147 e. The Hall–Kier alpha value is -0.343. The van der Waals surface area contributed by atoms with Crippen molar-refractivity contribution in [1.82, 2.24) is 0 Å². The molecule has 0 aromatic heterocycles. The molecule has 0 saturated carbocycles. The van der Waals surface area contributed by atoms with Crippen LogP contribution in [0.4, 0.5) is 0 Å². The first-order valence-corrected chi connectivity index (χ1v) is 5.07. The number of rotatable bonds is 1. The number of allylic oxidation sites excluding steroid dienone is 2. The molecular formula is C9H13OSi. The van der Waals surface area contributed by atoms with Crippen molar-refractivity contribution in [3.63, 3.8) is 0 Å². The first-order chi connectivity index (χ1) is 5.42. The van der Waals surface area contributed by atoms with E-state index < -0.39 is 0 Å². The van der Waals surface area contributed by atoms with E-state index in [1.165, 1.54) is 36.8 Å². The van der Waals surface area contributed by atoms with Gasteiger partial charge in [-0.25, -0.2) is 0 Å². The lowest BCUT2D eigenvalue weighted by Crippen LogP contribution is -2.11. The Morgan fingerprint density at radius 3 is 3.09 bits per heavy atom. The second-order valence-corrected chi connectivity index (χ2v) is 3.66. The van der Waals surface area contributed by atoms with Crippen molar-refractivity contribution in [3.05, 3.63) is 23.3 Å². The van der Waals surface area contributed by atoms with Gasteiger partial charge in [0.25, 0.3) is 0 Å². The molecular weight excluding hydrogens is 152 g/mol. The molecule has 11 heavy (non-hydrogen) atoms. The van der Waals surface area contributed by atoms with Crippen molar-refractivity contribution in [2.45, 2.75) is 31.8 Å². The molecule has 0 saturated heterocycles. The summed E-state index contributed by atoms with van der Waals surface area (Å²) in [5.41, 5.74) is 3.03. The molecule has 0 aromatic rings. The minimum absolute atomic E-state index is 0.247. The number of hydrogen-bond acceptors (Lipinski definition) is 1. The lowest BCUT2D eigenvalue weighted by atomic mass is 9.93. The Bertz CT molecular complexity index is 218. The molecule has 0 aliphatic heterocycles. The van der Waals surface area contributed by atoms with Gasteiger partial charge in [0, 0.05) is 0 Å². The van der Waals surface area contributed by atoms with Crippen LogP contribution in [0.15, 0.2) is 17.2 Å². The summed E-state index contributed by atoms with van der Waals surface area (Å²) in [6.07, 6.45) is 10.8. The van der Waals surface area contributed by atoms with E-state index in [1.54, 1.807) is 0 Å². The number of hydrogen-bond donors (Lipinski definition) is 0. The van der Waals surface area contributed by atoms with Crippen LogP contribution in [0.2, 0.25) is 0 Å². The van der Waals surface area contributed by atoms with E-state index in [1.807, 2.05) is 0 Å². The highest BCUT2D eigenvalue weighted by Gasteiger charge is 2.21. The Balaban J connectivity index is 2.21. The zero-order valence-corrected chi connectivity index (χ0v) is 8.89. The SMILES string of the molecule is [SiH3]OC1[C]=CC2=C1CCCC2. The van der Waals surface area contributed by atoms with Crippen molar-refractivity contribution >= 4 is 10.5 Å². The zero-order valence-electron chi connectivity index (χ0n) is 6.89. The summed E-state index contributed by atoms with van der Waals surface area (Å²) in [7, 11) is 0.825. The maximum Gasteiger partial charge on any atom is 0.147 e. The Kier molecular flexibility index (Phi) is 1.96. The van der Waals surface area contributed by atoms with Crippen LogP contribution in [0.5, 0.6) is 0 Å². The fourth-order valence-electron chi connectivity index (χ4n) is 1.90. The maximum atomic E-state index is 5.42. The van der Waals surface area contributed by atoms with E-state index in [4.69, 9.17) is 4.43 Å². The van der Waals surface area contributed by atoms with Crippen LogP contribution in [0.25, 0.3) is 0 Å². The average molecular weight is 165 g/mol. The molecule has 2 aliphatic carbocycles. The molecule has 2 rings (SSSR count). The van der Waals surface area contributed by atoms with E-state index in [9.17, 15) is 0 Å². The van der Waals surface area contributed by atoms with Crippen molar-refractivity contribution in [2.75, 3.05) is 0 Å². The van der Waals surface area contributed by atoms with E-state index in [0.29, 0.717) is 0 Å². The molecule has 1 atom stereocenters. The molecule has 1 radical (unpaired) electrons. The van der Waals surface area contributed by atoms with Crippen LogP contribution in [-0.4, -0.2) is 16.6 Å². The van der Waals surface area contributed by atoms with E-state index in [0.717, 1.165) is 10.5 Å². The third kappa shape index (κ3) is 1.21. The highest BCUT2D eigenvalue weighted by molar-refractivity contribution is 5.98. The van der Waals surface area contributed by atoms with Crippen LogP contribution in [0, 0.1) is 6.08 Å². The fourth-order valence-corrected chi connectivity index (χ4v) is 2.32. The normalized spacial score (nSPS) is 29.6. The van der Waals surface area contributed by atoms with Crippen LogP contribution < -0.4 is 0 Å². The average Bonchev–Trinajstić information content (AvgIpc) is 2.47. The van der Waals surface area contributed by atoms with Crippen molar-refractivity contribution < 1.29 is 4.43 Å². The molecule has 1 unspecified atom stereocenters. The van der Waals surface area contributed by atoms with Gasteiger partial charge < -0.3 is 4.43 Å². The lowest BCUT2D eigenvalue weighted by molar-refractivity contribution is 0.300. The predicted molar refractivity (Wildman–Crippen MR) is 48.1 cm³/mol. The summed E-state index contributed by atoms with van der Waals surface area (Å²) in [6.45, 7) is 0. The van der Waals surface area contributed by atoms with Crippen LogP contribution in [0.3, 0.4) is 0 Å². The molecule has 0 fully saturated rings. The van der Waals surface area contributed by atoms with Crippen molar-refractivity contribution in [1.29, 1.82) is 0 Å². The standard InChI is InChI=1S/C9H13OSi/c11-10-9-6-5-7-3-1-2-4-8(7)9/h5,9H,1-4H2,11H3. The topological polar surface area (TPSA) is 9.23 Å². The van der Waals surface area contributed by atoms with Gasteiger partial charge in [-0.15, -0.1) is 0 Å². The molecule has 0 aromatic carbocycles. The fraction of sp³-hybridized carbons (Fsp3) is 0.556. The van der Waals surface area contributed by atoms with Crippen LogP contribution >= 0.6 is 0 Å². The summed E-state index contributed by atoms with van der Waals surface area (Å²) in [5.74, 6) is 0. The Morgan fingerprint density at radius 1 is 1.45 bits per heavy atom. The molecule has 2 heteroatoms. The summed E-state index contributed by atoms with van der Waals surface area (Å²) in [4.78, 5) is 0. The van der Waals surface area contributed by atoms with Gasteiger partial charge in [-0.1, -0.05) is 6.08 Å². The third-order valence-corrected chi connectivity index (χ3v) is 2.99. The van der Waals surface area contributed by atoms with Crippen LogP contribution in [-0.2, 0) is 4.43 Å². The van der Waals surface area contributed by atoms with E-state index >= 15 is 0 Å². The molecule has 0 spiro atoms. The minimum Gasteiger partial charge on any atom is -0.417 e. The van der Waals surface area contributed by atoms with Crippen LogP contribution in [0.1, 0.15) is 25.7 Å². The summed E-state index contributed by atoms with van der Waals surface area (Å²) in [5, 5.41) is 0. The minimum atomic E-state index is 0.247. The summed E-state index contributed by atoms with van der Waals surface area (Å²) >= 11 is 0. The van der Waals surface area contributed by atoms with Gasteiger partial charge >= 0.3 is 0 Å². The van der Waals surface area contributed by atoms with Crippen molar-refractivity contribution in [2.24, 2.45) is 0 Å². The molecule has 0 N–H and O–H groups in total. The predicted octanol–water partition coefficient (Wildman–Crippen LogP) is 0.896. The molecule has 0 heterocycles. The largest absolute Gasteiger partial charge is 0.417 e. The molecule has 0 bridgehead atoms. The highest BCUT2D eigenvalue weighted by Crippen LogP contribution is 2.33. The maximum absolute atomic E-state index is 5.42. The molecule has 59 valence electrons. The monoisotopic (exact) mass is 165 g/mol. The van der Waals surface area contributed by atoms with Gasteiger partial charge in [0.2, 0.25) is 0 Å². The quantitative estimate of drug-likeness (QED) is 0.524. The Labute approximate surface area is 70.7 Å². The van der Waals surface area contributed by atoms with Crippen molar-refractivity contribution in [3.8, 4) is 0 Å². The van der Waals surface area contributed by atoms with Gasteiger partial charge in [0.05, 0.1) is 6.10 Å². The molecule has 1 nitrogen and oxygen atoms in total.